The molecule has 0 heterocycles. The highest BCUT2D eigenvalue weighted by atomic mass is 127. The monoisotopic (exact) mass is 305 g/mol. The van der Waals surface area contributed by atoms with E-state index in [2.05, 4.69) is 27.9 Å². The Labute approximate surface area is 97.0 Å². The molecule has 1 aromatic rings. The summed E-state index contributed by atoms with van der Waals surface area (Å²) in [5.74, 6) is 0. The molecule has 4 heteroatoms. The molecule has 76 valence electrons. The highest BCUT2D eigenvalue weighted by Gasteiger charge is 2.06. The van der Waals surface area contributed by atoms with Crippen LogP contribution < -0.4 is 5.32 Å². The summed E-state index contributed by atoms with van der Waals surface area (Å²) >= 11 is 2.16. The van der Waals surface area contributed by atoms with E-state index in [0.29, 0.717) is 0 Å². The highest BCUT2D eigenvalue weighted by Crippen LogP contribution is 2.17. The lowest BCUT2D eigenvalue weighted by molar-refractivity contribution is 0.130. The van der Waals surface area contributed by atoms with Crippen LogP contribution in [0.3, 0.4) is 0 Å². The molecule has 0 aliphatic carbocycles. The predicted molar refractivity (Wildman–Crippen MR) is 64.4 cm³/mol. The summed E-state index contributed by atoms with van der Waals surface area (Å²) in [4.78, 5) is 11.2. The van der Waals surface area contributed by atoms with Crippen molar-refractivity contribution in [2.75, 3.05) is 5.32 Å². The lowest BCUT2D eigenvalue weighted by Gasteiger charge is -2.10. The van der Waals surface area contributed by atoms with Crippen LogP contribution >= 0.6 is 22.6 Å². The van der Waals surface area contributed by atoms with Gasteiger partial charge >= 0.3 is 6.09 Å². The number of amides is 1. The van der Waals surface area contributed by atoms with Crippen LogP contribution in [-0.4, -0.2) is 12.2 Å². The van der Waals surface area contributed by atoms with Gasteiger partial charge < -0.3 is 4.74 Å². The molecular formula is C10H12INO2. The minimum atomic E-state index is -0.413. The normalized spacial score (nSPS) is 10.0. The summed E-state index contributed by atoms with van der Waals surface area (Å²) in [5, 5.41) is 2.67. The Morgan fingerprint density at radius 3 is 2.64 bits per heavy atom. The standard InChI is InChI=1S/C10H12INO2/c1-7(2)14-10(13)12-9-6-4-3-5-8(9)11/h3-7H,1-2H3,(H,12,13). The molecule has 0 bridgehead atoms. The zero-order valence-electron chi connectivity index (χ0n) is 8.08. The smallest absolute Gasteiger partial charge is 0.411 e. The van der Waals surface area contributed by atoms with Crippen molar-refractivity contribution >= 4 is 34.4 Å². The molecule has 0 spiro atoms. The molecule has 0 aliphatic heterocycles. The number of halogens is 1. The molecule has 1 aromatic carbocycles. The topological polar surface area (TPSA) is 38.3 Å². The van der Waals surface area contributed by atoms with Crippen LogP contribution in [0.25, 0.3) is 0 Å². The number of para-hydroxylation sites is 1. The van der Waals surface area contributed by atoms with E-state index in [1.54, 1.807) is 0 Å². The molecular weight excluding hydrogens is 293 g/mol. The molecule has 1 amide bonds. The van der Waals surface area contributed by atoms with Crippen LogP contribution in [0.2, 0.25) is 0 Å². The van der Waals surface area contributed by atoms with Gasteiger partial charge in [-0.1, -0.05) is 12.1 Å². The second-order valence-electron chi connectivity index (χ2n) is 3.06. The Morgan fingerprint density at radius 1 is 1.43 bits per heavy atom. The number of benzene rings is 1. The van der Waals surface area contributed by atoms with E-state index in [1.165, 1.54) is 0 Å². The molecule has 0 aromatic heterocycles. The second-order valence-corrected chi connectivity index (χ2v) is 4.22. The van der Waals surface area contributed by atoms with Crippen molar-refractivity contribution in [3.63, 3.8) is 0 Å². The first-order valence-electron chi connectivity index (χ1n) is 4.31. The van der Waals surface area contributed by atoms with Crippen molar-refractivity contribution in [1.82, 2.24) is 0 Å². The van der Waals surface area contributed by atoms with E-state index in [9.17, 15) is 4.79 Å². The van der Waals surface area contributed by atoms with Crippen LogP contribution in [0.15, 0.2) is 24.3 Å². The summed E-state index contributed by atoms with van der Waals surface area (Å²) < 4.78 is 5.95. The third kappa shape index (κ3) is 3.53. The largest absolute Gasteiger partial charge is 0.447 e. The second kappa shape index (κ2) is 5.19. The molecule has 0 atom stereocenters. The SMILES string of the molecule is CC(C)OC(=O)Nc1ccccc1I. The maximum Gasteiger partial charge on any atom is 0.411 e. The van der Waals surface area contributed by atoms with Gasteiger partial charge in [-0.15, -0.1) is 0 Å². The van der Waals surface area contributed by atoms with Crippen LogP contribution in [0.1, 0.15) is 13.8 Å². The van der Waals surface area contributed by atoms with Gasteiger partial charge in [0.1, 0.15) is 0 Å². The van der Waals surface area contributed by atoms with E-state index in [-0.39, 0.29) is 6.10 Å². The number of hydrogen-bond donors (Lipinski definition) is 1. The molecule has 0 saturated carbocycles. The van der Waals surface area contributed by atoms with Crippen molar-refractivity contribution in [3.05, 3.63) is 27.8 Å². The maximum absolute atomic E-state index is 11.2. The molecule has 1 rings (SSSR count). The number of hydrogen-bond acceptors (Lipinski definition) is 2. The fourth-order valence-electron chi connectivity index (χ4n) is 0.916. The predicted octanol–water partition coefficient (Wildman–Crippen LogP) is 3.25. The molecule has 14 heavy (non-hydrogen) atoms. The number of nitrogens with one attached hydrogen (secondary N) is 1. The summed E-state index contributed by atoms with van der Waals surface area (Å²) in [6.45, 7) is 3.63. The zero-order chi connectivity index (χ0) is 10.6. The number of carbonyl (C=O) groups is 1. The first-order chi connectivity index (χ1) is 6.59. The van der Waals surface area contributed by atoms with Crippen LogP contribution in [0.5, 0.6) is 0 Å². The van der Waals surface area contributed by atoms with Crippen LogP contribution in [0, 0.1) is 3.57 Å². The van der Waals surface area contributed by atoms with E-state index in [4.69, 9.17) is 4.74 Å². The Hall–Kier alpha value is -0.780. The third-order valence-corrected chi connectivity index (χ3v) is 2.39. The van der Waals surface area contributed by atoms with Gasteiger partial charge in [0.25, 0.3) is 0 Å². The van der Waals surface area contributed by atoms with Gasteiger partial charge in [-0.05, 0) is 48.6 Å². The van der Waals surface area contributed by atoms with Gasteiger partial charge in [0.15, 0.2) is 0 Å². The van der Waals surface area contributed by atoms with Crippen molar-refractivity contribution in [2.24, 2.45) is 0 Å². The Kier molecular flexibility index (Phi) is 4.19. The number of carbonyl (C=O) groups excluding carboxylic acids is 1. The minimum Gasteiger partial charge on any atom is -0.447 e. The average Bonchev–Trinajstić information content (AvgIpc) is 2.07. The summed E-state index contributed by atoms with van der Waals surface area (Å²) in [7, 11) is 0. The van der Waals surface area contributed by atoms with Gasteiger partial charge in [-0.2, -0.15) is 0 Å². The van der Waals surface area contributed by atoms with Gasteiger partial charge in [0.2, 0.25) is 0 Å². The number of ether oxygens (including phenoxy) is 1. The Morgan fingerprint density at radius 2 is 2.07 bits per heavy atom. The minimum absolute atomic E-state index is 0.101. The molecule has 3 nitrogen and oxygen atoms in total. The maximum atomic E-state index is 11.2. The van der Waals surface area contributed by atoms with E-state index < -0.39 is 6.09 Å². The Bertz CT molecular complexity index is 326. The molecule has 1 N–H and O–H groups in total. The zero-order valence-corrected chi connectivity index (χ0v) is 10.2. The van der Waals surface area contributed by atoms with Gasteiger partial charge in [-0.3, -0.25) is 5.32 Å². The van der Waals surface area contributed by atoms with E-state index in [1.807, 2.05) is 38.1 Å². The van der Waals surface area contributed by atoms with Crippen molar-refractivity contribution in [2.45, 2.75) is 20.0 Å². The van der Waals surface area contributed by atoms with Gasteiger partial charge in [0.05, 0.1) is 11.8 Å². The average molecular weight is 305 g/mol. The summed E-state index contributed by atoms with van der Waals surface area (Å²) in [6, 6.07) is 7.54. The quantitative estimate of drug-likeness (QED) is 0.852. The highest BCUT2D eigenvalue weighted by molar-refractivity contribution is 14.1. The third-order valence-electron chi connectivity index (χ3n) is 1.45. The molecule has 0 radical (unpaired) electrons. The van der Waals surface area contributed by atoms with Crippen molar-refractivity contribution in [1.29, 1.82) is 0 Å². The first kappa shape index (κ1) is 11.3. The number of anilines is 1. The molecule has 0 aliphatic rings. The van der Waals surface area contributed by atoms with Crippen LogP contribution in [0.4, 0.5) is 10.5 Å². The van der Waals surface area contributed by atoms with E-state index in [0.717, 1.165) is 9.26 Å². The summed E-state index contributed by atoms with van der Waals surface area (Å²) in [5.41, 5.74) is 0.777. The lowest BCUT2D eigenvalue weighted by Crippen LogP contribution is -2.18. The van der Waals surface area contributed by atoms with Crippen LogP contribution in [-0.2, 0) is 4.74 Å². The van der Waals surface area contributed by atoms with Crippen molar-refractivity contribution < 1.29 is 9.53 Å². The molecule has 0 unspecified atom stereocenters. The molecule has 0 saturated heterocycles. The summed E-state index contributed by atoms with van der Waals surface area (Å²) in [6.07, 6.45) is -0.513. The fraction of sp³-hybridized carbons (Fsp3) is 0.300. The fourth-order valence-corrected chi connectivity index (χ4v) is 1.44. The lowest BCUT2D eigenvalue weighted by atomic mass is 10.3. The van der Waals surface area contributed by atoms with Gasteiger partial charge in [0, 0.05) is 3.57 Å². The van der Waals surface area contributed by atoms with Gasteiger partial charge in [-0.25, -0.2) is 4.79 Å². The Balaban J connectivity index is 2.61. The van der Waals surface area contributed by atoms with E-state index >= 15 is 0 Å². The number of rotatable bonds is 2. The molecule has 0 fully saturated rings. The van der Waals surface area contributed by atoms with Crippen molar-refractivity contribution in [3.8, 4) is 0 Å². The first-order valence-corrected chi connectivity index (χ1v) is 5.39.